The number of fused-ring (bicyclic) bond motifs is 16. The van der Waals surface area contributed by atoms with E-state index in [1.807, 2.05) is 34.0 Å². The monoisotopic (exact) mass is 788 g/mol. The Kier molecular flexibility index (Phi) is 6.32. The van der Waals surface area contributed by atoms with Gasteiger partial charge in [-0.15, -0.1) is 34.0 Å². The van der Waals surface area contributed by atoms with Crippen LogP contribution in [0.3, 0.4) is 0 Å². The average molecular weight is 789 g/mol. The molecule has 6 heteroatoms. The van der Waals surface area contributed by atoms with Crippen molar-refractivity contribution >= 4 is 162 Å². The fourth-order valence-electron chi connectivity index (χ4n) is 9.96. The van der Waals surface area contributed by atoms with E-state index in [0.29, 0.717) is 0 Å². The molecule has 1 aliphatic rings. The molecule has 0 radical (unpaired) electrons. The minimum atomic E-state index is 0.842. The van der Waals surface area contributed by atoms with Gasteiger partial charge in [-0.3, -0.25) is 0 Å². The first-order valence-corrected chi connectivity index (χ1v) is 22.2. The molecule has 268 valence electrons. The third-order valence-electron chi connectivity index (χ3n) is 12.6. The Hall–Kier alpha value is -6.44. The summed E-state index contributed by atoms with van der Waals surface area (Å²) in [6, 6.07) is 61.7. The zero-order valence-corrected chi connectivity index (χ0v) is 33.4. The van der Waals surface area contributed by atoms with Crippen LogP contribution in [0, 0.1) is 0 Å². The van der Waals surface area contributed by atoms with Crippen molar-refractivity contribution in [1.82, 2.24) is 4.98 Å². The number of benzene rings is 9. The van der Waals surface area contributed by atoms with Crippen molar-refractivity contribution in [2.45, 2.75) is 0 Å². The first kappa shape index (κ1) is 31.6. The summed E-state index contributed by atoms with van der Waals surface area (Å²) in [6.45, 7) is 0. The summed E-state index contributed by atoms with van der Waals surface area (Å²) in [6.07, 6.45) is 0. The van der Waals surface area contributed by atoms with E-state index >= 15 is 0 Å². The number of aromatic amines is 1. The van der Waals surface area contributed by atoms with Gasteiger partial charge in [-0.05, 0) is 88.5 Å². The summed E-state index contributed by atoms with van der Waals surface area (Å²) < 4.78 is 7.98. The Morgan fingerprint density at radius 3 is 1.86 bits per heavy atom. The fourth-order valence-corrected chi connectivity index (χ4v) is 13.4. The normalized spacial score (nSPS) is 12.9. The van der Waals surface area contributed by atoms with Crippen LogP contribution in [0.15, 0.2) is 164 Å². The highest BCUT2D eigenvalue weighted by Crippen LogP contribution is 2.50. The molecule has 0 saturated heterocycles. The number of nitrogens with zero attached hydrogens (tertiary/aromatic N) is 1. The molecule has 1 aliphatic heterocycles. The summed E-state index contributed by atoms with van der Waals surface area (Å²) in [5, 5.41) is 13.0. The van der Waals surface area contributed by atoms with E-state index in [9.17, 15) is 0 Å². The third-order valence-corrected chi connectivity index (χ3v) is 16.0. The summed E-state index contributed by atoms with van der Waals surface area (Å²) >= 11 is 5.72. The van der Waals surface area contributed by atoms with Crippen LogP contribution in [0.5, 0.6) is 0 Å². The molecule has 0 amide bonds. The first-order chi connectivity index (χ1) is 28.7. The lowest BCUT2D eigenvalue weighted by Crippen LogP contribution is -2.41. The predicted octanol–water partition coefficient (Wildman–Crippen LogP) is 14.4. The van der Waals surface area contributed by atoms with Crippen LogP contribution in [0.2, 0.25) is 0 Å². The molecular formula is C52H29BN2S3. The van der Waals surface area contributed by atoms with Gasteiger partial charge in [-0.25, -0.2) is 0 Å². The van der Waals surface area contributed by atoms with Gasteiger partial charge in [0.1, 0.15) is 0 Å². The number of thiophene rings is 3. The Bertz CT molecular complexity index is 3920. The Labute approximate surface area is 345 Å². The molecule has 0 spiro atoms. The van der Waals surface area contributed by atoms with E-state index in [4.69, 9.17) is 0 Å². The molecule has 2 nitrogen and oxygen atoms in total. The van der Waals surface area contributed by atoms with Crippen LogP contribution < -0.4 is 15.8 Å². The van der Waals surface area contributed by atoms with Gasteiger partial charge in [-0.1, -0.05) is 103 Å². The van der Waals surface area contributed by atoms with Crippen molar-refractivity contribution in [2.75, 3.05) is 4.90 Å². The molecule has 4 aromatic heterocycles. The second kappa shape index (κ2) is 11.6. The van der Waals surface area contributed by atoms with Gasteiger partial charge in [0.05, 0.1) is 15.9 Å². The van der Waals surface area contributed by atoms with E-state index in [1.165, 1.54) is 132 Å². The van der Waals surface area contributed by atoms with Gasteiger partial charge in [0.2, 0.25) is 0 Å². The maximum atomic E-state index is 3.95. The van der Waals surface area contributed by atoms with E-state index < -0.39 is 0 Å². The average Bonchev–Trinajstić information content (AvgIpc) is 4.03. The van der Waals surface area contributed by atoms with Crippen molar-refractivity contribution in [2.24, 2.45) is 0 Å². The Morgan fingerprint density at radius 1 is 0.431 bits per heavy atom. The number of para-hydroxylation sites is 1. The molecular weight excluding hydrogens is 760 g/mol. The topological polar surface area (TPSA) is 19.0 Å². The molecule has 0 atom stereocenters. The molecule has 0 aliphatic carbocycles. The molecule has 1 N–H and O–H groups in total. The molecule has 0 bridgehead atoms. The number of hydrogen-bond donors (Lipinski definition) is 1. The predicted molar refractivity (Wildman–Crippen MR) is 259 cm³/mol. The van der Waals surface area contributed by atoms with Crippen LogP contribution in [0.1, 0.15) is 0 Å². The van der Waals surface area contributed by atoms with Gasteiger partial charge >= 0.3 is 0 Å². The van der Waals surface area contributed by atoms with Gasteiger partial charge in [0.15, 0.2) is 7.28 Å². The van der Waals surface area contributed by atoms with Crippen molar-refractivity contribution < 1.29 is 0 Å². The number of aromatic nitrogens is 1. The van der Waals surface area contributed by atoms with Crippen LogP contribution >= 0.6 is 34.0 Å². The van der Waals surface area contributed by atoms with Gasteiger partial charge in [0.25, 0.3) is 0 Å². The van der Waals surface area contributed by atoms with Crippen LogP contribution in [-0.4, -0.2) is 12.3 Å². The summed E-state index contributed by atoms with van der Waals surface area (Å²) in [5.41, 5.74) is 11.4. The number of anilines is 3. The van der Waals surface area contributed by atoms with E-state index in [2.05, 4.69) is 174 Å². The highest BCUT2D eigenvalue weighted by atomic mass is 32.1. The molecule has 0 fully saturated rings. The quantitative estimate of drug-likeness (QED) is 0.173. The van der Waals surface area contributed by atoms with E-state index in [1.54, 1.807) is 0 Å². The summed E-state index contributed by atoms with van der Waals surface area (Å²) in [5.74, 6) is 0. The largest absolute Gasteiger partial charge is 0.354 e. The lowest BCUT2D eigenvalue weighted by molar-refractivity contribution is 1.33. The highest BCUT2D eigenvalue weighted by Gasteiger charge is 2.32. The van der Waals surface area contributed by atoms with Crippen molar-refractivity contribution in [3.63, 3.8) is 0 Å². The Balaban J connectivity index is 1.12. The zero-order chi connectivity index (χ0) is 37.6. The van der Waals surface area contributed by atoms with Gasteiger partial charge in [-0.2, -0.15) is 0 Å². The highest BCUT2D eigenvalue weighted by molar-refractivity contribution is 7.27. The first-order valence-electron chi connectivity index (χ1n) is 19.8. The van der Waals surface area contributed by atoms with Crippen LogP contribution in [-0.2, 0) is 0 Å². The Morgan fingerprint density at radius 2 is 1.07 bits per heavy atom. The summed E-state index contributed by atoms with van der Waals surface area (Å²) in [4.78, 5) is 6.58. The number of H-pyrrole nitrogens is 1. The van der Waals surface area contributed by atoms with Gasteiger partial charge in [0, 0.05) is 89.0 Å². The molecule has 14 rings (SSSR count). The van der Waals surface area contributed by atoms with Crippen LogP contribution in [0.4, 0.5) is 17.1 Å². The molecule has 0 unspecified atom stereocenters. The summed E-state index contributed by atoms with van der Waals surface area (Å²) in [7, 11) is 0.842. The zero-order valence-electron chi connectivity index (χ0n) is 31.0. The van der Waals surface area contributed by atoms with Crippen molar-refractivity contribution in [3.8, 4) is 11.1 Å². The minimum absolute atomic E-state index is 0.842. The smallest absolute Gasteiger partial charge is 0.198 e. The van der Waals surface area contributed by atoms with E-state index in [0.717, 1.165) is 7.28 Å². The van der Waals surface area contributed by atoms with E-state index in [-0.39, 0.29) is 0 Å². The SMILES string of the molecule is B1c2cc3sc4ccccc4c3cc2N(c2ccc3sc4ccccc4c3c2)c2c1c(-c1cccc3c1[nH]c1cc4ccccc4cc13)cc1c2sc2ccccc21. The lowest BCUT2D eigenvalue weighted by atomic mass is 9.58. The number of hydrogen-bond acceptors (Lipinski definition) is 4. The molecule has 0 saturated carbocycles. The maximum Gasteiger partial charge on any atom is 0.198 e. The third kappa shape index (κ3) is 4.32. The van der Waals surface area contributed by atoms with Gasteiger partial charge < -0.3 is 9.88 Å². The molecule has 9 aromatic carbocycles. The van der Waals surface area contributed by atoms with Crippen molar-refractivity contribution in [1.29, 1.82) is 0 Å². The molecule has 13 aromatic rings. The lowest BCUT2D eigenvalue weighted by Gasteiger charge is -2.35. The van der Waals surface area contributed by atoms with Crippen LogP contribution in [0.25, 0.3) is 104 Å². The second-order valence-electron chi connectivity index (χ2n) is 15.7. The van der Waals surface area contributed by atoms with Crippen molar-refractivity contribution in [3.05, 3.63) is 164 Å². The standard InChI is InChI=1S/C52H29BN2S3/c1-2-11-29-23-42-36(22-28(29)10-1)34-15-9-16-35(50(34)54-42)39-25-40-33-14-5-8-19-46(33)58-52(40)51-49(39)53-41-27-48-38(32-13-4-7-18-45(32)57-48)26-43(41)55(51)30-20-21-47-37(24-30)31-12-3-6-17-44(31)56-47/h1-27,53-54H. The second-order valence-corrected chi connectivity index (χ2v) is 18.9. The fraction of sp³-hybridized carbons (Fsp3) is 0. The number of rotatable bonds is 2. The maximum absolute atomic E-state index is 3.95. The molecule has 58 heavy (non-hydrogen) atoms. The minimum Gasteiger partial charge on any atom is -0.354 e. The number of nitrogens with one attached hydrogen (secondary N) is 1. The molecule has 5 heterocycles.